The van der Waals surface area contributed by atoms with Crippen LogP contribution in [0.5, 0.6) is 0 Å². The number of aromatic nitrogens is 2. The zero-order chi connectivity index (χ0) is 17.5. The van der Waals surface area contributed by atoms with Crippen molar-refractivity contribution in [3.63, 3.8) is 0 Å². The van der Waals surface area contributed by atoms with E-state index in [9.17, 15) is 9.59 Å². The highest BCUT2D eigenvalue weighted by Gasteiger charge is 2.13. The summed E-state index contributed by atoms with van der Waals surface area (Å²) in [5.74, 6) is 0.581. The molecule has 2 amide bonds. The van der Waals surface area contributed by atoms with Gasteiger partial charge in [-0.25, -0.2) is 0 Å². The van der Waals surface area contributed by atoms with Gasteiger partial charge >= 0.3 is 0 Å². The number of likely N-dealkylation sites (N-methyl/N-ethyl adjacent to an activating group) is 2. The van der Waals surface area contributed by atoms with Crippen molar-refractivity contribution >= 4 is 11.8 Å². The van der Waals surface area contributed by atoms with Gasteiger partial charge < -0.3 is 14.7 Å². The van der Waals surface area contributed by atoms with Gasteiger partial charge in [-0.2, -0.15) is 4.98 Å². The van der Waals surface area contributed by atoms with E-state index in [-0.39, 0.29) is 24.9 Å². The molecule has 128 valence electrons. The van der Waals surface area contributed by atoms with E-state index in [1.165, 1.54) is 4.90 Å². The Morgan fingerprint density at radius 3 is 2.54 bits per heavy atom. The monoisotopic (exact) mass is 331 g/mol. The minimum absolute atomic E-state index is 0.00707. The second-order valence-electron chi connectivity index (χ2n) is 5.61. The van der Waals surface area contributed by atoms with Gasteiger partial charge in [-0.3, -0.25) is 14.5 Å². The van der Waals surface area contributed by atoms with Gasteiger partial charge in [0.05, 0.1) is 19.6 Å². The fourth-order valence-electron chi connectivity index (χ4n) is 1.94. The minimum Gasteiger partial charge on any atom is -0.348 e. The highest BCUT2D eigenvalue weighted by molar-refractivity contribution is 5.93. The van der Waals surface area contributed by atoms with Gasteiger partial charge in [0, 0.05) is 19.7 Å². The van der Waals surface area contributed by atoms with Crippen molar-refractivity contribution < 1.29 is 14.1 Å². The van der Waals surface area contributed by atoms with Gasteiger partial charge in [-0.15, -0.1) is 0 Å². The van der Waals surface area contributed by atoms with Crippen LogP contribution in [0.25, 0.3) is 0 Å². The van der Waals surface area contributed by atoms with Crippen molar-refractivity contribution in [1.29, 1.82) is 0 Å². The molecule has 0 fully saturated rings. The van der Waals surface area contributed by atoms with Crippen LogP contribution < -0.4 is 5.32 Å². The molecule has 0 saturated carbocycles. The largest absolute Gasteiger partial charge is 0.348 e. The summed E-state index contributed by atoms with van der Waals surface area (Å²) < 4.78 is 5.14. The van der Waals surface area contributed by atoms with Crippen molar-refractivity contribution in [3.8, 4) is 0 Å². The number of nitrogens with zero attached hydrogens (tertiary/aromatic N) is 4. The summed E-state index contributed by atoms with van der Waals surface area (Å²) in [5.41, 5.74) is 0.572. The van der Waals surface area contributed by atoms with Gasteiger partial charge in [-0.1, -0.05) is 23.4 Å². The number of nitrogens with one attached hydrogen (secondary N) is 1. The number of carbonyl (C=O) groups excluding carboxylic acids is 2. The molecule has 1 N–H and O–H groups in total. The summed E-state index contributed by atoms with van der Waals surface area (Å²) >= 11 is 0. The first-order valence-corrected chi connectivity index (χ1v) is 7.49. The minimum atomic E-state index is -0.198. The summed E-state index contributed by atoms with van der Waals surface area (Å²) in [5, 5.41) is 6.56. The highest BCUT2D eigenvalue weighted by atomic mass is 16.5. The molecule has 0 bridgehead atoms. The lowest BCUT2D eigenvalue weighted by Crippen LogP contribution is -2.34. The molecule has 0 aliphatic heterocycles. The van der Waals surface area contributed by atoms with E-state index < -0.39 is 0 Å². The number of carbonyl (C=O) groups is 2. The number of hydrogen-bond donors (Lipinski definition) is 1. The molecule has 1 aromatic carbocycles. The first kappa shape index (κ1) is 17.6. The fraction of sp³-hybridized carbons (Fsp3) is 0.375. The van der Waals surface area contributed by atoms with Gasteiger partial charge in [0.25, 0.3) is 5.91 Å². The summed E-state index contributed by atoms with van der Waals surface area (Å²) in [4.78, 5) is 31.1. The summed E-state index contributed by atoms with van der Waals surface area (Å²) in [6, 6.07) is 8.90. The molecule has 2 rings (SSSR count). The Morgan fingerprint density at radius 2 is 1.88 bits per heavy atom. The van der Waals surface area contributed by atoms with Crippen LogP contribution in [0, 0.1) is 0 Å². The van der Waals surface area contributed by atoms with Crippen LogP contribution in [-0.2, 0) is 17.9 Å². The lowest BCUT2D eigenvalue weighted by molar-refractivity contribution is -0.129. The Labute approximate surface area is 140 Å². The molecule has 0 aliphatic carbocycles. The second-order valence-corrected chi connectivity index (χ2v) is 5.61. The molecule has 0 radical (unpaired) electrons. The molecule has 0 unspecified atom stereocenters. The van der Waals surface area contributed by atoms with Crippen molar-refractivity contribution in [1.82, 2.24) is 25.3 Å². The normalized spacial score (nSPS) is 10.7. The van der Waals surface area contributed by atoms with Crippen molar-refractivity contribution in [2.45, 2.75) is 13.1 Å². The number of rotatable bonds is 7. The van der Waals surface area contributed by atoms with Crippen molar-refractivity contribution in [3.05, 3.63) is 47.6 Å². The van der Waals surface area contributed by atoms with Crippen molar-refractivity contribution in [2.75, 3.05) is 27.7 Å². The molecule has 8 heteroatoms. The van der Waals surface area contributed by atoms with Crippen LogP contribution in [-0.4, -0.2) is 59.4 Å². The standard InChI is InChI=1S/C16H21N5O3/c1-20(2)15(22)11-21(3)10-14-18-13(19-24-14)9-17-16(23)12-7-5-4-6-8-12/h4-8H,9-11H2,1-3H3,(H,17,23). The third kappa shape index (κ3) is 5.17. The molecule has 1 heterocycles. The molecular weight excluding hydrogens is 310 g/mol. The van der Waals surface area contributed by atoms with E-state index in [2.05, 4.69) is 15.5 Å². The summed E-state index contributed by atoms with van der Waals surface area (Å²) in [7, 11) is 5.20. The predicted molar refractivity (Wildman–Crippen MR) is 86.9 cm³/mol. The fourth-order valence-corrected chi connectivity index (χ4v) is 1.94. The van der Waals surface area contributed by atoms with E-state index in [0.717, 1.165) is 0 Å². The maximum absolute atomic E-state index is 11.9. The molecular formula is C16H21N5O3. The smallest absolute Gasteiger partial charge is 0.251 e. The SMILES string of the molecule is CN(CC(=O)N(C)C)Cc1nc(CNC(=O)c2ccccc2)no1. The number of hydrogen-bond acceptors (Lipinski definition) is 6. The molecule has 24 heavy (non-hydrogen) atoms. The predicted octanol–water partition coefficient (Wildman–Crippen LogP) is 0.520. The van der Waals surface area contributed by atoms with Crippen LogP contribution in [0.15, 0.2) is 34.9 Å². The van der Waals surface area contributed by atoms with Crippen LogP contribution in [0.2, 0.25) is 0 Å². The third-order valence-corrected chi connectivity index (χ3v) is 3.26. The Kier molecular flexibility index (Phi) is 6.02. The maximum Gasteiger partial charge on any atom is 0.251 e. The van der Waals surface area contributed by atoms with E-state index in [4.69, 9.17) is 4.52 Å². The van der Waals surface area contributed by atoms with Gasteiger partial charge in [-0.05, 0) is 19.2 Å². The lowest BCUT2D eigenvalue weighted by Gasteiger charge is -2.16. The highest BCUT2D eigenvalue weighted by Crippen LogP contribution is 2.03. The molecule has 0 aliphatic rings. The Hall–Kier alpha value is -2.74. The quantitative estimate of drug-likeness (QED) is 0.795. The van der Waals surface area contributed by atoms with Gasteiger partial charge in [0.15, 0.2) is 5.82 Å². The van der Waals surface area contributed by atoms with Crippen LogP contribution in [0.1, 0.15) is 22.1 Å². The van der Waals surface area contributed by atoms with E-state index >= 15 is 0 Å². The molecule has 2 aromatic rings. The van der Waals surface area contributed by atoms with E-state index in [1.807, 2.05) is 6.07 Å². The van der Waals surface area contributed by atoms with Gasteiger partial charge in [0.1, 0.15) is 0 Å². The second kappa shape index (κ2) is 8.21. The topological polar surface area (TPSA) is 91.6 Å². The number of amides is 2. The Morgan fingerprint density at radius 1 is 1.17 bits per heavy atom. The maximum atomic E-state index is 11.9. The molecule has 0 spiro atoms. The average Bonchev–Trinajstić information content (AvgIpc) is 3.00. The average molecular weight is 331 g/mol. The third-order valence-electron chi connectivity index (χ3n) is 3.26. The van der Waals surface area contributed by atoms with Crippen LogP contribution in [0.3, 0.4) is 0 Å². The van der Waals surface area contributed by atoms with Crippen molar-refractivity contribution in [2.24, 2.45) is 0 Å². The Bertz CT molecular complexity index is 684. The Balaban J connectivity index is 1.82. The zero-order valence-corrected chi connectivity index (χ0v) is 14.0. The molecule has 1 aromatic heterocycles. The first-order chi connectivity index (χ1) is 11.5. The summed E-state index contributed by atoms with van der Waals surface area (Å²) in [6.07, 6.45) is 0. The van der Waals surface area contributed by atoms with Crippen LogP contribution >= 0.6 is 0 Å². The van der Waals surface area contributed by atoms with E-state index in [1.54, 1.807) is 50.3 Å². The molecule has 0 saturated heterocycles. The lowest BCUT2D eigenvalue weighted by atomic mass is 10.2. The van der Waals surface area contributed by atoms with E-state index in [0.29, 0.717) is 23.8 Å². The first-order valence-electron chi connectivity index (χ1n) is 7.49. The van der Waals surface area contributed by atoms with Gasteiger partial charge in [0.2, 0.25) is 11.8 Å². The zero-order valence-electron chi connectivity index (χ0n) is 14.0. The summed E-state index contributed by atoms with van der Waals surface area (Å²) in [6.45, 7) is 0.798. The number of benzene rings is 1. The molecule has 0 atom stereocenters. The molecule has 8 nitrogen and oxygen atoms in total. The van der Waals surface area contributed by atoms with Crippen LogP contribution in [0.4, 0.5) is 0 Å².